The van der Waals surface area contributed by atoms with Gasteiger partial charge in [0.25, 0.3) is 0 Å². The Morgan fingerprint density at radius 2 is 2.19 bits per heavy atom. The fraction of sp³-hybridized carbons (Fsp3) is 0.727. The molecule has 0 radical (unpaired) electrons. The van der Waals surface area contributed by atoms with E-state index in [2.05, 4.69) is 25.9 Å². The van der Waals surface area contributed by atoms with Crippen molar-refractivity contribution in [3.05, 3.63) is 10.2 Å². The lowest BCUT2D eigenvalue weighted by Crippen LogP contribution is -2.18. The van der Waals surface area contributed by atoms with Gasteiger partial charge in [0.15, 0.2) is 0 Å². The normalized spacial score (nSPS) is 21.6. The SMILES string of the molecule is Brc1c(C2CCOCC2)nn2c1NCCC2. The highest BCUT2D eigenvalue weighted by Gasteiger charge is 2.25. The van der Waals surface area contributed by atoms with Gasteiger partial charge >= 0.3 is 0 Å². The first kappa shape index (κ1) is 10.6. The first-order valence-corrected chi connectivity index (χ1v) is 6.73. The fourth-order valence-electron chi connectivity index (χ4n) is 2.46. The maximum absolute atomic E-state index is 5.40. The van der Waals surface area contributed by atoms with Gasteiger partial charge in [-0.3, -0.25) is 0 Å². The summed E-state index contributed by atoms with van der Waals surface area (Å²) in [5.41, 5.74) is 1.22. The second-order valence-electron chi connectivity index (χ2n) is 4.44. The van der Waals surface area contributed by atoms with E-state index in [1.54, 1.807) is 0 Å². The largest absolute Gasteiger partial charge is 0.381 e. The number of nitrogens with zero attached hydrogens (tertiary/aromatic N) is 2. The Morgan fingerprint density at radius 3 is 2.94 bits per heavy atom. The predicted octanol–water partition coefficient (Wildman–Crippen LogP) is 2.36. The summed E-state index contributed by atoms with van der Waals surface area (Å²) in [6.45, 7) is 3.82. The molecule has 1 aromatic rings. The van der Waals surface area contributed by atoms with Crippen molar-refractivity contribution >= 4 is 21.7 Å². The molecule has 5 heteroatoms. The van der Waals surface area contributed by atoms with Crippen molar-refractivity contribution in [1.29, 1.82) is 0 Å². The molecule has 1 N–H and O–H groups in total. The molecule has 0 bridgehead atoms. The monoisotopic (exact) mass is 285 g/mol. The summed E-state index contributed by atoms with van der Waals surface area (Å²) in [5, 5.41) is 8.14. The highest BCUT2D eigenvalue weighted by atomic mass is 79.9. The number of halogens is 1. The molecule has 88 valence electrons. The van der Waals surface area contributed by atoms with Crippen LogP contribution in [0.2, 0.25) is 0 Å². The zero-order chi connectivity index (χ0) is 11.0. The lowest BCUT2D eigenvalue weighted by atomic mass is 9.97. The smallest absolute Gasteiger partial charge is 0.138 e. The average Bonchev–Trinajstić information content (AvgIpc) is 2.69. The van der Waals surface area contributed by atoms with Crippen LogP contribution in [0.3, 0.4) is 0 Å². The van der Waals surface area contributed by atoms with Crippen molar-refractivity contribution in [2.45, 2.75) is 31.7 Å². The van der Waals surface area contributed by atoms with Crippen molar-refractivity contribution in [2.75, 3.05) is 25.1 Å². The van der Waals surface area contributed by atoms with E-state index in [1.165, 1.54) is 10.2 Å². The molecule has 4 nitrogen and oxygen atoms in total. The van der Waals surface area contributed by atoms with Gasteiger partial charge in [-0.15, -0.1) is 0 Å². The number of hydrogen-bond donors (Lipinski definition) is 1. The average molecular weight is 286 g/mol. The number of rotatable bonds is 1. The second kappa shape index (κ2) is 4.37. The fourth-order valence-corrected chi connectivity index (χ4v) is 3.20. The molecule has 0 aromatic carbocycles. The molecule has 0 aliphatic carbocycles. The first-order chi connectivity index (χ1) is 7.86. The molecule has 0 atom stereocenters. The van der Waals surface area contributed by atoms with E-state index in [0.29, 0.717) is 5.92 Å². The molecule has 1 aromatic heterocycles. The lowest BCUT2D eigenvalue weighted by Gasteiger charge is -2.20. The van der Waals surface area contributed by atoms with Crippen molar-refractivity contribution in [1.82, 2.24) is 9.78 Å². The van der Waals surface area contributed by atoms with Gasteiger partial charge in [0.2, 0.25) is 0 Å². The number of aromatic nitrogens is 2. The highest BCUT2D eigenvalue weighted by molar-refractivity contribution is 9.10. The number of nitrogens with one attached hydrogen (secondary N) is 1. The van der Waals surface area contributed by atoms with Crippen LogP contribution in [0.4, 0.5) is 5.82 Å². The van der Waals surface area contributed by atoms with E-state index in [9.17, 15) is 0 Å². The van der Waals surface area contributed by atoms with Gasteiger partial charge in [0.05, 0.1) is 10.2 Å². The molecule has 0 saturated carbocycles. The van der Waals surface area contributed by atoms with E-state index >= 15 is 0 Å². The van der Waals surface area contributed by atoms with Gasteiger partial charge in [-0.2, -0.15) is 5.10 Å². The Bertz CT molecular complexity index is 385. The van der Waals surface area contributed by atoms with Crippen LogP contribution in [0.25, 0.3) is 0 Å². The van der Waals surface area contributed by atoms with Gasteiger partial charge in [0.1, 0.15) is 5.82 Å². The molecule has 0 spiro atoms. The van der Waals surface area contributed by atoms with Crippen LogP contribution in [-0.2, 0) is 11.3 Å². The van der Waals surface area contributed by atoms with Crippen LogP contribution in [0.1, 0.15) is 30.9 Å². The van der Waals surface area contributed by atoms with Gasteiger partial charge in [-0.25, -0.2) is 4.68 Å². The molecule has 2 aliphatic heterocycles. The summed E-state index contributed by atoms with van der Waals surface area (Å²) in [5.74, 6) is 1.72. The Hall–Kier alpha value is -0.550. The zero-order valence-electron chi connectivity index (χ0n) is 9.21. The second-order valence-corrected chi connectivity index (χ2v) is 5.23. The highest BCUT2D eigenvalue weighted by Crippen LogP contribution is 2.36. The molecule has 0 amide bonds. The molecule has 0 unspecified atom stereocenters. The van der Waals surface area contributed by atoms with Crippen LogP contribution < -0.4 is 5.32 Å². The number of aryl methyl sites for hydroxylation is 1. The quantitative estimate of drug-likeness (QED) is 0.861. The Kier molecular flexibility index (Phi) is 2.90. The third-order valence-corrected chi connectivity index (χ3v) is 4.15. The summed E-state index contributed by atoms with van der Waals surface area (Å²) in [7, 11) is 0. The zero-order valence-corrected chi connectivity index (χ0v) is 10.8. The molecule has 2 aliphatic rings. The molecular formula is C11H16BrN3O. The van der Waals surface area contributed by atoms with Gasteiger partial charge in [0, 0.05) is 32.2 Å². The summed E-state index contributed by atoms with van der Waals surface area (Å²) < 4.78 is 8.66. The molecule has 1 fully saturated rings. The maximum Gasteiger partial charge on any atom is 0.138 e. The van der Waals surface area contributed by atoms with Crippen LogP contribution >= 0.6 is 15.9 Å². The van der Waals surface area contributed by atoms with Crippen LogP contribution in [0.5, 0.6) is 0 Å². The van der Waals surface area contributed by atoms with E-state index in [1.807, 2.05) is 0 Å². The van der Waals surface area contributed by atoms with E-state index in [-0.39, 0.29) is 0 Å². The Morgan fingerprint density at radius 1 is 1.38 bits per heavy atom. The molecule has 16 heavy (non-hydrogen) atoms. The summed E-state index contributed by atoms with van der Waals surface area (Å²) in [6, 6.07) is 0. The van der Waals surface area contributed by atoms with E-state index < -0.39 is 0 Å². The predicted molar refractivity (Wildman–Crippen MR) is 65.8 cm³/mol. The van der Waals surface area contributed by atoms with Crippen molar-refractivity contribution in [3.8, 4) is 0 Å². The summed E-state index contributed by atoms with van der Waals surface area (Å²) >= 11 is 3.69. The van der Waals surface area contributed by atoms with Gasteiger partial charge in [-0.1, -0.05) is 0 Å². The standard InChI is InChI=1S/C11H16BrN3O/c12-9-10(8-2-6-16-7-3-8)14-15-5-1-4-13-11(9)15/h8,13H,1-7H2. The minimum atomic E-state index is 0.558. The summed E-state index contributed by atoms with van der Waals surface area (Å²) in [4.78, 5) is 0. The number of anilines is 1. The third kappa shape index (κ3) is 1.76. The summed E-state index contributed by atoms with van der Waals surface area (Å²) in [6.07, 6.45) is 3.35. The minimum Gasteiger partial charge on any atom is -0.381 e. The van der Waals surface area contributed by atoms with E-state index in [0.717, 1.165) is 51.4 Å². The number of ether oxygens (including phenoxy) is 1. The Labute approximate surface area is 103 Å². The topological polar surface area (TPSA) is 39.1 Å². The van der Waals surface area contributed by atoms with Crippen LogP contribution in [0, 0.1) is 0 Å². The van der Waals surface area contributed by atoms with Crippen LogP contribution in [-0.4, -0.2) is 29.5 Å². The van der Waals surface area contributed by atoms with Gasteiger partial charge in [-0.05, 0) is 35.2 Å². The molecule has 3 heterocycles. The first-order valence-electron chi connectivity index (χ1n) is 5.94. The van der Waals surface area contributed by atoms with Gasteiger partial charge < -0.3 is 10.1 Å². The van der Waals surface area contributed by atoms with E-state index in [4.69, 9.17) is 9.84 Å². The lowest BCUT2D eigenvalue weighted by molar-refractivity contribution is 0.0842. The minimum absolute atomic E-state index is 0.558. The van der Waals surface area contributed by atoms with Crippen molar-refractivity contribution in [2.24, 2.45) is 0 Å². The van der Waals surface area contributed by atoms with Crippen LogP contribution in [0.15, 0.2) is 4.47 Å². The number of hydrogen-bond acceptors (Lipinski definition) is 3. The molecule has 1 saturated heterocycles. The molecule has 3 rings (SSSR count). The van der Waals surface area contributed by atoms with Crippen molar-refractivity contribution < 1.29 is 4.74 Å². The van der Waals surface area contributed by atoms with Crippen molar-refractivity contribution in [3.63, 3.8) is 0 Å². The molecular weight excluding hydrogens is 270 g/mol. The Balaban J connectivity index is 1.91. The number of fused-ring (bicyclic) bond motifs is 1. The maximum atomic E-state index is 5.40. The third-order valence-electron chi connectivity index (χ3n) is 3.37.